The molecule has 2 aromatic heterocycles. The maximum Gasteiger partial charge on any atom is 0.259 e. The fraction of sp³-hybridized carbons (Fsp3) is 0.0741. The quantitative estimate of drug-likeness (QED) is 0.378. The van der Waals surface area contributed by atoms with E-state index in [1.54, 1.807) is 24.2 Å². The van der Waals surface area contributed by atoms with Gasteiger partial charge in [-0.1, -0.05) is 42.5 Å². The predicted octanol–water partition coefficient (Wildman–Crippen LogP) is 5.05. The molecule has 1 amide bonds. The SMILES string of the molecule is COc1cccc(-c2nn(-c3ccccc3)cc2C(=O)Nc2cccc(Cn3cccn3)c2)c1. The number of hydrogen-bond donors (Lipinski definition) is 1. The highest BCUT2D eigenvalue weighted by Gasteiger charge is 2.19. The second kappa shape index (κ2) is 9.46. The van der Waals surface area contributed by atoms with Gasteiger partial charge in [0, 0.05) is 29.8 Å². The van der Waals surface area contributed by atoms with Gasteiger partial charge in [0.2, 0.25) is 0 Å². The number of rotatable bonds is 7. The number of ether oxygens (including phenoxy) is 1. The van der Waals surface area contributed by atoms with Crippen molar-refractivity contribution in [3.63, 3.8) is 0 Å². The summed E-state index contributed by atoms with van der Waals surface area (Å²) in [5.41, 5.74) is 4.45. The normalized spacial score (nSPS) is 10.7. The molecule has 7 heteroatoms. The van der Waals surface area contributed by atoms with Gasteiger partial charge < -0.3 is 10.1 Å². The molecule has 0 saturated heterocycles. The molecule has 0 radical (unpaired) electrons. The molecule has 0 aliphatic heterocycles. The van der Waals surface area contributed by atoms with Crippen LogP contribution in [0.2, 0.25) is 0 Å². The molecule has 0 aliphatic carbocycles. The van der Waals surface area contributed by atoms with Gasteiger partial charge in [0.05, 0.1) is 24.9 Å². The van der Waals surface area contributed by atoms with Crippen molar-refractivity contribution < 1.29 is 9.53 Å². The molecule has 0 bridgehead atoms. The molecule has 7 nitrogen and oxygen atoms in total. The zero-order valence-electron chi connectivity index (χ0n) is 18.6. The number of amides is 1. The van der Waals surface area contributed by atoms with E-state index in [1.165, 1.54) is 0 Å². The molecule has 0 saturated carbocycles. The highest BCUT2D eigenvalue weighted by Crippen LogP contribution is 2.28. The summed E-state index contributed by atoms with van der Waals surface area (Å²) in [6.45, 7) is 0.623. The Hall–Kier alpha value is -4.65. The number of nitrogens with zero attached hydrogens (tertiary/aromatic N) is 4. The number of hydrogen-bond acceptors (Lipinski definition) is 4. The lowest BCUT2D eigenvalue weighted by Crippen LogP contribution is -2.12. The third-order valence-corrected chi connectivity index (χ3v) is 5.41. The van der Waals surface area contributed by atoms with Gasteiger partial charge in [-0.15, -0.1) is 0 Å². The van der Waals surface area contributed by atoms with Crippen LogP contribution in [-0.2, 0) is 6.54 Å². The summed E-state index contributed by atoms with van der Waals surface area (Å²) in [6.07, 6.45) is 5.41. The van der Waals surface area contributed by atoms with Crippen LogP contribution in [0, 0.1) is 0 Å². The summed E-state index contributed by atoms with van der Waals surface area (Å²) < 4.78 is 8.94. The minimum Gasteiger partial charge on any atom is -0.497 e. The molecule has 5 aromatic rings. The van der Waals surface area contributed by atoms with E-state index in [1.807, 2.05) is 95.8 Å². The first-order valence-corrected chi connectivity index (χ1v) is 10.9. The summed E-state index contributed by atoms with van der Waals surface area (Å²) in [6, 6.07) is 26.9. The van der Waals surface area contributed by atoms with Crippen molar-refractivity contribution in [3.8, 4) is 22.7 Å². The fourth-order valence-electron chi connectivity index (χ4n) is 3.76. The zero-order chi connectivity index (χ0) is 23.3. The zero-order valence-corrected chi connectivity index (χ0v) is 18.6. The predicted molar refractivity (Wildman–Crippen MR) is 131 cm³/mol. The smallest absolute Gasteiger partial charge is 0.259 e. The Labute approximate surface area is 197 Å². The van der Waals surface area contributed by atoms with E-state index in [-0.39, 0.29) is 5.91 Å². The topological polar surface area (TPSA) is 74.0 Å². The second-order valence-electron chi connectivity index (χ2n) is 7.76. The van der Waals surface area contributed by atoms with E-state index in [9.17, 15) is 4.79 Å². The standard InChI is InChI=1S/C27H23N5O2/c1-34-24-13-6-9-21(17-24)26-25(19-32(30-26)23-11-3-2-4-12-23)27(33)29-22-10-5-8-20(16-22)18-31-15-7-14-28-31/h2-17,19H,18H2,1H3,(H,29,33). The van der Waals surface area contributed by atoms with Gasteiger partial charge in [-0.05, 0) is 48.0 Å². The minimum atomic E-state index is -0.240. The first-order valence-electron chi connectivity index (χ1n) is 10.9. The number of carbonyl (C=O) groups excluding carboxylic acids is 1. The summed E-state index contributed by atoms with van der Waals surface area (Å²) in [5.74, 6) is 0.459. The fourth-order valence-corrected chi connectivity index (χ4v) is 3.76. The van der Waals surface area contributed by atoms with Crippen molar-refractivity contribution in [1.29, 1.82) is 0 Å². The van der Waals surface area contributed by atoms with Crippen LogP contribution in [0.4, 0.5) is 5.69 Å². The molecular weight excluding hydrogens is 426 g/mol. The third-order valence-electron chi connectivity index (χ3n) is 5.41. The lowest BCUT2D eigenvalue weighted by molar-refractivity contribution is 0.102. The van der Waals surface area contributed by atoms with E-state index < -0.39 is 0 Å². The second-order valence-corrected chi connectivity index (χ2v) is 7.76. The van der Waals surface area contributed by atoms with Crippen molar-refractivity contribution >= 4 is 11.6 Å². The Morgan fingerprint density at radius 1 is 0.971 bits per heavy atom. The molecule has 34 heavy (non-hydrogen) atoms. The Bertz CT molecular complexity index is 1410. The Kier molecular flexibility index (Phi) is 5.90. The maximum atomic E-state index is 13.4. The molecule has 1 N–H and O–H groups in total. The first kappa shape index (κ1) is 21.2. The van der Waals surface area contributed by atoms with Crippen LogP contribution in [0.3, 0.4) is 0 Å². The van der Waals surface area contributed by atoms with Gasteiger partial charge in [-0.2, -0.15) is 10.2 Å². The largest absolute Gasteiger partial charge is 0.497 e. The molecule has 0 unspecified atom stereocenters. The molecule has 3 aromatic carbocycles. The molecule has 168 valence electrons. The molecule has 0 spiro atoms. The number of carbonyl (C=O) groups is 1. The highest BCUT2D eigenvalue weighted by atomic mass is 16.5. The number of anilines is 1. The van der Waals surface area contributed by atoms with Crippen LogP contribution in [0.15, 0.2) is 104 Å². The Morgan fingerprint density at radius 3 is 2.62 bits per heavy atom. The van der Waals surface area contributed by atoms with E-state index in [2.05, 4.69) is 10.4 Å². The van der Waals surface area contributed by atoms with Crippen LogP contribution in [0.1, 0.15) is 15.9 Å². The van der Waals surface area contributed by atoms with Crippen molar-refractivity contribution in [2.75, 3.05) is 12.4 Å². The number of benzene rings is 3. The molecule has 5 rings (SSSR count). The summed E-state index contributed by atoms with van der Waals surface area (Å²) >= 11 is 0. The minimum absolute atomic E-state index is 0.240. The van der Waals surface area contributed by atoms with E-state index in [0.29, 0.717) is 29.2 Å². The summed E-state index contributed by atoms with van der Waals surface area (Å²) in [5, 5.41) is 12.0. The molecule has 0 aliphatic rings. The first-order chi connectivity index (χ1) is 16.7. The number of para-hydroxylation sites is 1. The van der Waals surface area contributed by atoms with E-state index in [4.69, 9.17) is 9.84 Å². The van der Waals surface area contributed by atoms with Gasteiger partial charge in [-0.25, -0.2) is 4.68 Å². The summed E-state index contributed by atoms with van der Waals surface area (Å²) in [7, 11) is 1.62. The highest BCUT2D eigenvalue weighted by molar-refractivity contribution is 6.08. The Balaban J connectivity index is 1.48. The molecular formula is C27H23N5O2. The molecule has 0 fully saturated rings. The van der Waals surface area contributed by atoms with Crippen LogP contribution in [0.5, 0.6) is 5.75 Å². The average molecular weight is 450 g/mol. The third kappa shape index (κ3) is 4.59. The van der Waals surface area contributed by atoms with Gasteiger partial charge in [0.15, 0.2) is 0 Å². The van der Waals surface area contributed by atoms with Crippen LogP contribution in [-0.4, -0.2) is 32.6 Å². The van der Waals surface area contributed by atoms with Crippen LogP contribution < -0.4 is 10.1 Å². The van der Waals surface area contributed by atoms with E-state index >= 15 is 0 Å². The van der Waals surface area contributed by atoms with Crippen LogP contribution >= 0.6 is 0 Å². The van der Waals surface area contributed by atoms with Gasteiger partial charge in [0.25, 0.3) is 5.91 Å². The van der Waals surface area contributed by atoms with Gasteiger partial charge in [0.1, 0.15) is 11.4 Å². The summed E-state index contributed by atoms with van der Waals surface area (Å²) in [4.78, 5) is 13.4. The monoisotopic (exact) mass is 449 g/mol. The van der Waals surface area contributed by atoms with Crippen molar-refractivity contribution in [3.05, 3.63) is 115 Å². The lowest BCUT2D eigenvalue weighted by Gasteiger charge is -2.08. The molecule has 2 heterocycles. The number of aromatic nitrogens is 4. The van der Waals surface area contributed by atoms with Crippen molar-refractivity contribution in [2.45, 2.75) is 6.54 Å². The maximum absolute atomic E-state index is 13.4. The molecule has 0 atom stereocenters. The lowest BCUT2D eigenvalue weighted by atomic mass is 10.1. The van der Waals surface area contributed by atoms with Gasteiger partial charge >= 0.3 is 0 Å². The number of nitrogens with one attached hydrogen (secondary N) is 1. The van der Waals surface area contributed by atoms with Crippen molar-refractivity contribution in [2.24, 2.45) is 0 Å². The van der Waals surface area contributed by atoms with Gasteiger partial charge in [-0.3, -0.25) is 9.48 Å². The van der Waals surface area contributed by atoms with E-state index in [0.717, 1.165) is 16.8 Å². The average Bonchev–Trinajstić information content (AvgIpc) is 3.55. The van der Waals surface area contributed by atoms with Crippen LogP contribution in [0.25, 0.3) is 16.9 Å². The number of methoxy groups -OCH3 is 1. The van der Waals surface area contributed by atoms with Crippen molar-refractivity contribution in [1.82, 2.24) is 19.6 Å². The Morgan fingerprint density at radius 2 is 1.82 bits per heavy atom.